The minimum absolute atomic E-state index is 0.106. The highest BCUT2D eigenvalue weighted by Gasteiger charge is 2.37. The maximum atomic E-state index is 13.8. The van der Waals surface area contributed by atoms with Gasteiger partial charge in [-0.3, -0.25) is 19.5 Å². The number of hydrogen-bond donors (Lipinski definition) is 0. The molecule has 0 aliphatic carbocycles. The van der Waals surface area contributed by atoms with Crippen molar-refractivity contribution in [1.29, 1.82) is 0 Å². The molecule has 0 spiro atoms. The molecule has 0 radical (unpaired) electrons. The fraction of sp³-hybridized carbons (Fsp3) is 0.214. The Balaban J connectivity index is 1.46. The lowest BCUT2D eigenvalue weighted by atomic mass is 10.1. The van der Waals surface area contributed by atoms with Crippen molar-refractivity contribution in [2.45, 2.75) is 19.5 Å². The number of aromatic nitrogens is 3. The van der Waals surface area contributed by atoms with Crippen LogP contribution in [0.1, 0.15) is 40.5 Å². The molecule has 2 amide bonds. The normalized spacial score (nSPS) is 13.8. The van der Waals surface area contributed by atoms with Crippen LogP contribution in [0.4, 0.5) is 5.69 Å². The molecule has 2 aromatic carbocycles. The van der Waals surface area contributed by atoms with E-state index in [1.165, 1.54) is 29.5 Å². The first-order valence-electron chi connectivity index (χ1n) is 12.4. The number of benzene rings is 2. The smallest absolute Gasteiger partial charge is 0.344 e. The summed E-state index contributed by atoms with van der Waals surface area (Å²) in [5.74, 6) is -0.857. The van der Waals surface area contributed by atoms with Crippen LogP contribution >= 0.6 is 11.6 Å². The molecule has 1 aliphatic heterocycles. The number of amides is 2. The molecule has 3 heterocycles. The van der Waals surface area contributed by atoms with Crippen LogP contribution in [0.2, 0.25) is 5.02 Å². The van der Waals surface area contributed by atoms with Crippen LogP contribution in [-0.4, -0.2) is 57.6 Å². The zero-order chi connectivity index (χ0) is 28.1. The van der Waals surface area contributed by atoms with Crippen LogP contribution in [0, 0.1) is 0 Å². The molecule has 0 N–H and O–H groups in total. The SMILES string of the molecule is CCOC(=O)COc1ccc(C(=O)N2CC(=O)N(C(c3ccccn3)c3nnco3)Cc3ccccc32)c(Cl)c1. The second kappa shape index (κ2) is 12.0. The van der Waals surface area contributed by atoms with E-state index in [0.29, 0.717) is 17.1 Å². The number of esters is 1. The Morgan fingerprint density at radius 2 is 1.93 bits per heavy atom. The maximum Gasteiger partial charge on any atom is 0.344 e. The Hall–Kier alpha value is -4.77. The minimum Gasteiger partial charge on any atom is -0.482 e. The molecule has 0 saturated heterocycles. The first kappa shape index (κ1) is 26.8. The number of rotatable bonds is 8. The molecule has 5 rings (SSSR count). The van der Waals surface area contributed by atoms with Crippen molar-refractivity contribution in [3.63, 3.8) is 0 Å². The predicted molar refractivity (Wildman–Crippen MR) is 143 cm³/mol. The summed E-state index contributed by atoms with van der Waals surface area (Å²) in [7, 11) is 0. The molecule has 1 atom stereocenters. The van der Waals surface area contributed by atoms with Crippen molar-refractivity contribution < 1.29 is 28.3 Å². The lowest BCUT2D eigenvalue weighted by Gasteiger charge is -2.28. The van der Waals surface area contributed by atoms with Gasteiger partial charge in [0, 0.05) is 18.4 Å². The third kappa shape index (κ3) is 5.64. The van der Waals surface area contributed by atoms with E-state index < -0.39 is 17.9 Å². The fourth-order valence-electron chi connectivity index (χ4n) is 4.41. The van der Waals surface area contributed by atoms with E-state index in [2.05, 4.69) is 15.2 Å². The summed E-state index contributed by atoms with van der Waals surface area (Å²) in [5.41, 5.74) is 2.00. The van der Waals surface area contributed by atoms with Crippen molar-refractivity contribution in [3.05, 3.63) is 101 Å². The number of carbonyl (C=O) groups excluding carboxylic acids is 3. The summed E-state index contributed by atoms with van der Waals surface area (Å²) in [6, 6.07) is 16.3. The van der Waals surface area contributed by atoms with Gasteiger partial charge in [-0.15, -0.1) is 10.2 Å². The van der Waals surface area contributed by atoms with E-state index >= 15 is 0 Å². The number of para-hydroxylation sites is 1. The van der Waals surface area contributed by atoms with Gasteiger partial charge in [-0.1, -0.05) is 35.9 Å². The van der Waals surface area contributed by atoms with Crippen LogP contribution in [0.25, 0.3) is 0 Å². The summed E-state index contributed by atoms with van der Waals surface area (Å²) in [6.45, 7) is 1.53. The minimum atomic E-state index is -0.765. The second-order valence-corrected chi connectivity index (χ2v) is 9.12. The number of nitrogens with zero attached hydrogens (tertiary/aromatic N) is 5. The number of hydrogen-bond acceptors (Lipinski definition) is 9. The van der Waals surface area contributed by atoms with Crippen LogP contribution in [-0.2, 0) is 20.9 Å². The van der Waals surface area contributed by atoms with Gasteiger partial charge in [0.1, 0.15) is 12.3 Å². The molecule has 1 aliphatic rings. The average Bonchev–Trinajstić information content (AvgIpc) is 3.45. The van der Waals surface area contributed by atoms with Gasteiger partial charge < -0.3 is 18.8 Å². The number of pyridine rings is 1. The predicted octanol–water partition coefficient (Wildman–Crippen LogP) is 3.84. The third-order valence-electron chi connectivity index (χ3n) is 6.21. The van der Waals surface area contributed by atoms with Crippen molar-refractivity contribution in [1.82, 2.24) is 20.1 Å². The summed E-state index contributed by atoms with van der Waals surface area (Å²) in [5, 5.41) is 7.95. The van der Waals surface area contributed by atoms with Gasteiger partial charge in [0.05, 0.1) is 22.9 Å². The second-order valence-electron chi connectivity index (χ2n) is 8.71. The Morgan fingerprint density at radius 1 is 1.10 bits per heavy atom. The average molecular weight is 562 g/mol. The Kier molecular flexibility index (Phi) is 8.02. The van der Waals surface area contributed by atoms with E-state index in [1.54, 1.807) is 48.4 Å². The zero-order valence-electron chi connectivity index (χ0n) is 21.4. The molecule has 4 aromatic rings. The summed E-state index contributed by atoms with van der Waals surface area (Å²) in [6.07, 6.45) is 2.81. The van der Waals surface area contributed by atoms with Crippen molar-refractivity contribution in [2.75, 3.05) is 24.7 Å². The number of carbonyl (C=O) groups is 3. The van der Waals surface area contributed by atoms with Crippen LogP contribution in [0.15, 0.2) is 77.7 Å². The van der Waals surface area contributed by atoms with Crippen LogP contribution in [0.3, 0.4) is 0 Å². The highest BCUT2D eigenvalue weighted by Crippen LogP contribution is 2.34. The lowest BCUT2D eigenvalue weighted by Crippen LogP contribution is -2.42. The number of halogens is 1. The number of ether oxygens (including phenoxy) is 2. The summed E-state index contributed by atoms with van der Waals surface area (Å²) in [4.78, 5) is 46.6. The van der Waals surface area contributed by atoms with Gasteiger partial charge in [-0.05, 0) is 48.9 Å². The summed E-state index contributed by atoms with van der Waals surface area (Å²) < 4.78 is 15.8. The molecule has 0 bridgehead atoms. The van der Waals surface area contributed by atoms with Gasteiger partial charge >= 0.3 is 5.97 Å². The van der Waals surface area contributed by atoms with E-state index in [0.717, 1.165) is 5.56 Å². The maximum absolute atomic E-state index is 13.8. The van der Waals surface area contributed by atoms with Gasteiger partial charge in [0.2, 0.25) is 18.2 Å². The molecule has 2 aromatic heterocycles. The van der Waals surface area contributed by atoms with Crippen LogP contribution < -0.4 is 9.64 Å². The van der Waals surface area contributed by atoms with Crippen molar-refractivity contribution >= 4 is 35.1 Å². The van der Waals surface area contributed by atoms with Gasteiger partial charge in [0.25, 0.3) is 5.91 Å². The number of fused-ring (bicyclic) bond motifs is 1. The monoisotopic (exact) mass is 561 g/mol. The number of anilines is 1. The highest BCUT2D eigenvalue weighted by molar-refractivity contribution is 6.34. The lowest BCUT2D eigenvalue weighted by molar-refractivity contribution is -0.145. The molecule has 40 heavy (non-hydrogen) atoms. The van der Waals surface area contributed by atoms with E-state index in [4.69, 9.17) is 25.5 Å². The zero-order valence-corrected chi connectivity index (χ0v) is 22.2. The standard InChI is InChI=1S/C28H24ClN5O6/c1-2-38-25(36)16-39-19-10-11-20(21(29)13-19)28(37)33-15-24(35)34(14-18-7-3-4-9-23(18)33)26(27-32-31-17-40-27)22-8-5-6-12-30-22/h3-13,17,26H,2,14-16H2,1H3. The molecule has 204 valence electrons. The first-order chi connectivity index (χ1) is 19.5. The van der Waals surface area contributed by atoms with Crippen LogP contribution in [0.5, 0.6) is 5.75 Å². The Bertz CT molecular complexity index is 1510. The van der Waals surface area contributed by atoms with E-state index in [1.807, 2.05) is 12.1 Å². The van der Waals surface area contributed by atoms with E-state index in [-0.39, 0.29) is 48.7 Å². The Labute approximate surface area is 234 Å². The highest BCUT2D eigenvalue weighted by atomic mass is 35.5. The molecule has 11 nitrogen and oxygen atoms in total. The van der Waals surface area contributed by atoms with Gasteiger partial charge in [-0.25, -0.2) is 4.79 Å². The molecule has 12 heteroatoms. The molecule has 1 unspecified atom stereocenters. The summed E-state index contributed by atoms with van der Waals surface area (Å²) >= 11 is 6.48. The largest absolute Gasteiger partial charge is 0.482 e. The van der Waals surface area contributed by atoms with Crippen molar-refractivity contribution in [2.24, 2.45) is 0 Å². The molecular formula is C28H24ClN5O6. The van der Waals surface area contributed by atoms with Gasteiger partial charge in [-0.2, -0.15) is 0 Å². The third-order valence-corrected chi connectivity index (χ3v) is 6.52. The fourth-order valence-corrected chi connectivity index (χ4v) is 4.67. The molecule has 0 saturated carbocycles. The van der Waals surface area contributed by atoms with Crippen molar-refractivity contribution in [3.8, 4) is 5.75 Å². The topological polar surface area (TPSA) is 128 Å². The molecule has 0 fully saturated rings. The Morgan fingerprint density at radius 3 is 2.65 bits per heavy atom. The first-order valence-corrected chi connectivity index (χ1v) is 12.8. The van der Waals surface area contributed by atoms with Gasteiger partial charge in [0.15, 0.2) is 12.6 Å². The quantitative estimate of drug-likeness (QED) is 0.295. The molecular weight excluding hydrogens is 538 g/mol. The van der Waals surface area contributed by atoms with E-state index in [9.17, 15) is 14.4 Å².